The van der Waals surface area contributed by atoms with Gasteiger partial charge in [-0.25, -0.2) is 0 Å². The number of nitrogens with zero attached hydrogens (tertiary/aromatic N) is 2. The zero-order valence-corrected chi connectivity index (χ0v) is 20.7. The van der Waals surface area contributed by atoms with Crippen LogP contribution in [0.25, 0.3) is 0 Å². The predicted molar refractivity (Wildman–Crippen MR) is 128 cm³/mol. The van der Waals surface area contributed by atoms with Crippen molar-refractivity contribution in [2.24, 2.45) is 11.3 Å². The molecule has 33 heavy (non-hydrogen) atoms. The molecule has 182 valence electrons. The lowest BCUT2D eigenvalue weighted by atomic mass is 9.77. The number of likely N-dealkylation sites (tertiary alicyclic amines) is 2. The average molecular weight is 477 g/mol. The van der Waals surface area contributed by atoms with Gasteiger partial charge in [-0.1, -0.05) is 11.6 Å². The summed E-state index contributed by atoms with van der Waals surface area (Å²) in [5, 5.41) is 10.6. The molecule has 0 radical (unpaired) electrons. The van der Waals surface area contributed by atoms with E-state index in [9.17, 15) is 14.7 Å². The van der Waals surface area contributed by atoms with Crippen LogP contribution in [0.3, 0.4) is 0 Å². The normalized spacial score (nSPS) is 24.1. The van der Waals surface area contributed by atoms with E-state index in [1.807, 2.05) is 35.8 Å². The zero-order valence-electron chi connectivity index (χ0n) is 19.9. The lowest BCUT2D eigenvalue weighted by molar-refractivity contribution is -0.142. The fraction of sp³-hybridized carbons (Fsp3) is 0.692. The van der Waals surface area contributed by atoms with E-state index in [1.165, 1.54) is 0 Å². The first-order valence-electron chi connectivity index (χ1n) is 12.4. The fourth-order valence-corrected chi connectivity index (χ4v) is 5.31. The number of benzene rings is 1. The third-order valence-electron chi connectivity index (χ3n) is 7.47. The highest BCUT2D eigenvalue weighted by atomic mass is 35.5. The van der Waals surface area contributed by atoms with Crippen molar-refractivity contribution in [1.29, 1.82) is 0 Å². The SMILES string of the molecule is Cc1cc(OC[C@]2(CC(=O)N3CCC(O)CC3)CCCN(C(=O)CC3CC3)C2)cc(C)c1Cl. The highest BCUT2D eigenvalue weighted by molar-refractivity contribution is 6.32. The van der Waals surface area contributed by atoms with E-state index in [0.29, 0.717) is 57.8 Å². The topological polar surface area (TPSA) is 70.1 Å². The van der Waals surface area contributed by atoms with E-state index >= 15 is 0 Å². The summed E-state index contributed by atoms with van der Waals surface area (Å²) in [6.07, 6.45) is 5.98. The van der Waals surface area contributed by atoms with E-state index in [2.05, 4.69) is 0 Å². The summed E-state index contributed by atoms with van der Waals surface area (Å²) in [6, 6.07) is 3.88. The van der Waals surface area contributed by atoms with Crippen molar-refractivity contribution >= 4 is 23.4 Å². The maximum Gasteiger partial charge on any atom is 0.223 e. The molecule has 1 aromatic carbocycles. The van der Waals surface area contributed by atoms with Crippen LogP contribution in [0.5, 0.6) is 5.75 Å². The van der Waals surface area contributed by atoms with Crippen molar-refractivity contribution < 1.29 is 19.4 Å². The molecule has 3 aliphatic rings. The third-order valence-corrected chi connectivity index (χ3v) is 8.07. The van der Waals surface area contributed by atoms with Gasteiger partial charge in [-0.3, -0.25) is 9.59 Å². The number of hydrogen-bond acceptors (Lipinski definition) is 4. The number of piperidine rings is 2. The minimum absolute atomic E-state index is 0.102. The van der Waals surface area contributed by atoms with Gasteiger partial charge < -0.3 is 19.6 Å². The summed E-state index contributed by atoms with van der Waals surface area (Å²) in [5.41, 5.74) is 1.52. The molecule has 0 spiro atoms. The van der Waals surface area contributed by atoms with Crippen molar-refractivity contribution in [2.75, 3.05) is 32.8 Å². The summed E-state index contributed by atoms with van der Waals surface area (Å²) in [6.45, 7) is 6.83. The molecule has 6 nitrogen and oxygen atoms in total. The maximum atomic E-state index is 13.3. The molecule has 2 aliphatic heterocycles. The highest BCUT2D eigenvalue weighted by Gasteiger charge is 2.42. The van der Waals surface area contributed by atoms with Crippen LogP contribution >= 0.6 is 11.6 Å². The van der Waals surface area contributed by atoms with E-state index in [-0.39, 0.29) is 17.9 Å². The Bertz CT molecular complexity index is 856. The van der Waals surface area contributed by atoms with Crippen molar-refractivity contribution in [3.63, 3.8) is 0 Å². The minimum Gasteiger partial charge on any atom is -0.493 e. The largest absolute Gasteiger partial charge is 0.493 e. The maximum absolute atomic E-state index is 13.3. The molecule has 7 heteroatoms. The van der Waals surface area contributed by atoms with Crippen molar-refractivity contribution in [1.82, 2.24) is 9.80 Å². The summed E-state index contributed by atoms with van der Waals surface area (Å²) in [4.78, 5) is 30.0. The molecular formula is C26H37ClN2O4. The molecule has 1 N–H and O–H groups in total. The lowest BCUT2D eigenvalue weighted by Crippen LogP contribution is -2.51. The predicted octanol–water partition coefficient (Wildman–Crippen LogP) is 4.12. The van der Waals surface area contributed by atoms with Crippen LogP contribution in [0.4, 0.5) is 0 Å². The van der Waals surface area contributed by atoms with Gasteiger partial charge in [-0.15, -0.1) is 0 Å². The van der Waals surface area contributed by atoms with E-state index < -0.39 is 5.41 Å². The van der Waals surface area contributed by atoms with Crippen LogP contribution in [0.2, 0.25) is 5.02 Å². The second-order valence-electron chi connectivity index (χ2n) is 10.5. The number of aliphatic hydroxyl groups is 1. The van der Waals surface area contributed by atoms with Gasteiger partial charge in [0.1, 0.15) is 5.75 Å². The molecular weight excluding hydrogens is 440 g/mol. The second-order valence-corrected chi connectivity index (χ2v) is 10.9. The van der Waals surface area contributed by atoms with Gasteiger partial charge in [0.2, 0.25) is 11.8 Å². The molecule has 3 fully saturated rings. The Morgan fingerprint density at radius 1 is 1.06 bits per heavy atom. The van der Waals surface area contributed by atoms with Gasteiger partial charge in [-0.05, 0) is 81.5 Å². The number of carbonyl (C=O) groups excluding carboxylic acids is 2. The molecule has 4 rings (SSSR count). The molecule has 1 aliphatic carbocycles. The molecule has 2 amide bonds. The average Bonchev–Trinajstić information content (AvgIpc) is 3.60. The van der Waals surface area contributed by atoms with Crippen LogP contribution in [0, 0.1) is 25.2 Å². The van der Waals surface area contributed by atoms with Crippen LogP contribution < -0.4 is 4.74 Å². The minimum atomic E-state index is -0.411. The van der Waals surface area contributed by atoms with Crippen molar-refractivity contribution in [3.05, 3.63) is 28.3 Å². The van der Waals surface area contributed by atoms with Crippen LogP contribution in [-0.4, -0.2) is 65.6 Å². The first kappa shape index (κ1) is 24.3. The van der Waals surface area contributed by atoms with Crippen molar-refractivity contribution in [2.45, 2.75) is 71.3 Å². The lowest BCUT2D eigenvalue weighted by Gasteiger charge is -2.43. The number of aliphatic hydroxyl groups excluding tert-OH is 1. The third kappa shape index (κ3) is 6.21. The van der Waals surface area contributed by atoms with Gasteiger partial charge >= 0.3 is 0 Å². The number of carbonyl (C=O) groups is 2. The molecule has 2 saturated heterocycles. The Morgan fingerprint density at radius 3 is 2.36 bits per heavy atom. The number of amides is 2. The quantitative estimate of drug-likeness (QED) is 0.642. The monoisotopic (exact) mass is 476 g/mol. The smallest absolute Gasteiger partial charge is 0.223 e. The Hall–Kier alpha value is -1.79. The summed E-state index contributed by atoms with van der Waals surface area (Å²) in [5.74, 6) is 1.62. The molecule has 1 saturated carbocycles. The molecule has 0 aromatic heterocycles. The zero-order chi connectivity index (χ0) is 23.6. The van der Waals surface area contributed by atoms with E-state index in [4.69, 9.17) is 16.3 Å². The molecule has 1 aromatic rings. The summed E-state index contributed by atoms with van der Waals surface area (Å²) >= 11 is 6.32. The van der Waals surface area contributed by atoms with Gasteiger partial charge in [0.25, 0.3) is 0 Å². The first-order chi connectivity index (χ1) is 15.7. The fourth-order valence-electron chi connectivity index (χ4n) is 5.21. The van der Waals surface area contributed by atoms with Gasteiger partial charge in [0.05, 0.1) is 12.7 Å². The number of hydrogen-bond donors (Lipinski definition) is 1. The molecule has 0 unspecified atom stereocenters. The first-order valence-corrected chi connectivity index (χ1v) is 12.8. The Morgan fingerprint density at radius 2 is 1.73 bits per heavy atom. The standard InChI is InChI=1S/C26H37ClN2O4/c1-18-12-22(13-19(2)25(18)27)33-17-26(15-24(32)28-10-6-21(30)7-11-28)8-3-9-29(16-26)23(31)14-20-4-5-20/h12-13,20-21,30H,3-11,14-17H2,1-2H3/t26-/m0/s1. The number of halogens is 1. The van der Waals surface area contributed by atoms with E-state index in [1.54, 1.807) is 0 Å². The Balaban J connectivity index is 1.49. The van der Waals surface area contributed by atoms with Crippen LogP contribution in [-0.2, 0) is 9.59 Å². The number of ether oxygens (including phenoxy) is 1. The summed E-state index contributed by atoms with van der Waals surface area (Å²) in [7, 11) is 0. The van der Waals surface area contributed by atoms with Crippen LogP contribution in [0.1, 0.15) is 62.5 Å². The van der Waals surface area contributed by atoms with Crippen LogP contribution in [0.15, 0.2) is 12.1 Å². The second kappa shape index (κ2) is 10.2. The Labute approximate surface area is 202 Å². The van der Waals surface area contributed by atoms with E-state index in [0.717, 1.165) is 54.1 Å². The molecule has 0 bridgehead atoms. The van der Waals surface area contributed by atoms with Gasteiger partial charge in [0.15, 0.2) is 0 Å². The number of aryl methyl sites for hydroxylation is 2. The van der Waals surface area contributed by atoms with Crippen molar-refractivity contribution in [3.8, 4) is 5.75 Å². The number of rotatable bonds is 7. The highest BCUT2D eigenvalue weighted by Crippen LogP contribution is 2.38. The van der Waals surface area contributed by atoms with Gasteiger partial charge in [-0.2, -0.15) is 0 Å². The Kier molecular flexibility index (Phi) is 7.54. The molecule has 1 atom stereocenters. The van der Waals surface area contributed by atoms with Gasteiger partial charge in [0, 0.05) is 49.5 Å². The summed E-state index contributed by atoms with van der Waals surface area (Å²) < 4.78 is 6.28. The molecule has 2 heterocycles.